The molecule has 0 spiro atoms. The first kappa shape index (κ1) is 30.6. The lowest BCUT2D eigenvalue weighted by Crippen LogP contribution is -2.45. The summed E-state index contributed by atoms with van der Waals surface area (Å²) in [5.74, 6) is -1.79. The van der Waals surface area contributed by atoms with Crippen LogP contribution in [0.1, 0.15) is 84.3 Å². The van der Waals surface area contributed by atoms with Gasteiger partial charge in [0.15, 0.2) is 0 Å². The number of rotatable bonds is 2. The van der Waals surface area contributed by atoms with Crippen LogP contribution >= 0.6 is 34.5 Å². The molecule has 0 bridgehead atoms. The molecule has 2 N–H and O–H groups in total. The minimum absolute atomic E-state index is 0.100. The molecular weight excluding hydrogens is 533 g/mol. The number of carbonyl (C=O) groups is 2. The molecule has 0 aromatic carbocycles. The smallest absolute Gasteiger partial charge is 0.309 e. The Morgan fingerprint density at radius 1 is 1.22 bits per heavy atom. The Hall–Kier alpha value is -0.990. The molecule has 2 heterocycles. The molecule has 2 fully saturated rings. The number of alkyl halides is 2. The second kappa shape index (κ2) is 11.2. The summed E-state index contributed by atoms with van der Waals surface area (Å²) in [6, 6.07) is 0. The molecule has 208 valence electrons. The number of halogens is 2. The quantitative estimate of drug-likeness (QED) is 0.326. The molecule has 2 aliphatic rings. The van der Waals surface area contributed by atoms with Gasteiger partial charge in [0, 0.05) is 22.6 Å². The number of esters is 1. The number of ketones is 1. The van der Waals surface area contributed by atoms with Crippen LogP contribution in [0.4, 0.5) is 0 Å². The van der Waals surface area contributed by atoms with E-state index in [0.717, 1.165) is 29.1 Å². The fourth-order valence-corrected chi connectivity index (χ4v) is 7.29. The highest BCUT2D eigenvalue weighted by Crippen LogP contribution is 2.73. The third kappa shape index (κ3) is 6.27. The number of cyclic esters (lactones) is 1. The van der Waals surface area contributed by atoms with Crippen LogP contribution < -0.4 is 0 Å². The minimum atomic E-state index is -1.26. The molecule has 37 heavy (non-hydrogen) atoms. The van der Waals surface area contributed by atoms with Gasteiger partial charge < -0.3 is 14.9 Å². The monoisotopic (exact) mass is 573 g/mol. The Morgan fingerprint density at radius 3 is 2.46 bits per heavy atom. The van der Waals surface area contributed by atoms with Crippen molar-refractivity contribution in [3.05, 3.63) is 21.7 Å². The number of aromatic nitrogens is 1. The lowest BCUT2D eigenvalue weighted by molar-refractivity contribution is -0.154. The molecule has 6 unspecified atom stereocenters. The molecule has 6 nitrogen and oxygen atoms in total. The van der Waals surface area contributed by atoms with Crippen molar-refractivity contribution in [2.75, 3.05) is 0 Å². The average molecular weight is 575 g/mol. The predicted molar refractivity (Wildman–Crippen MR) is 149 cm³/mol. The van der Waals surface area contributed by atoms with Gasteiger partial charge in [0.2, 0.25) is 0 Å². The molecule has 3 rings (SSSR count). The van der Waals surface area contributed by atoms with E-state index in [0.29, 0.717) is 12.8 Å². The lowest BCUT2D eigenvalue weighted by Gasteiger charge is -2.34. The first-order chi connectivity index (χ1) is 17.0. The Balaban J connectivity index is 1.93. The van der Waals surface area contributed by atoms with Crippen molar-refractivity contribution >= 4 is 52.4 Å². The van der Waals surface area contributed by atoms with Crippen molar-refractivity contribution in [1.29, 1.82) is 0 Å². The Bertz CT molecular complexity index is 1040. The largest absolute Gasteiger partial charge is 0.458 e. The highest BCUT2D eigenvalue weighted by molar-refractivity contribution is 7.09. The second-order valence-corrected chi connectivity index (χ2v) is 14.4. The molecule has 1 aromatic rings. The fraction of sp³-hybridized carbons (Fsp3) is 0.750. The van der Waals surface area contributed by atoms with Crippen LogP contribution in [0.15, 0.2) is 11.0 Å². The molecule has 1 saturated carbocycles. The van der Waals surface area contributed by atoms with Crippen LogP contribution in [0.5, 0.6) is 0 Å². The first-order valence-electron chi connectivity index (χ1n) is 13.1. The summed E-state index contributed by atoms with van der Waals surface area (Å²) in [7, 11) is 0. The van der Waals surface area contributed by atoms with Gasteiger partial charge in [-0.1, -0.05) is 41.0 Å². The minimum Gasteiger partial charge on any atom is -0.458 e. The molecule has 1 saturated heterocycles. The number of carbonyl (C=O) groups excluding carboxylic acids is 2. The fourth-order valence-electron chi connectivity index (χ4n) is 5.72. The highest BCUT2D eigenvalue weighted by Gasteiger charge is 2.72. The van der Waals surface area contributed by atoms with Crippen molar-refractivity contribution in [2.45, 2.75) is 103 Å². The van der Waals surface area contributed by atoms with Gasteiger partial charge >= 0.3 is 5.97 Å². The van der Waals surface area contributed by atoms with Crippen LogP contribution in [0, 0.1) is 35.5 Å². The number of Topliss-reactive ketones (excluding diaryl/α,β-unsaturated/α-hetero) is 1. The number of thiazole rings is 1. The molecular formula is C28H41Cl2NO5S. The third-order valence-corrected chi connectivity index (χ3v) is 11.0. The number of ether oxygens (including phenoxy) is 1. The van der Waals surface area contributed by atoms with Gasteiger partial charge in [-0.3, -0.25) is 9.59 Å². The topological polar surface area (TPSA) is 96.7 Å². The van der Waals surface area contributed by atoms with E-state index in [1.165, 1.54) is 0 Å². The molecule has 7 atom stereocenters. The number of aryl methyl sites for hydroxylation is 1. The summed E-state index contributed by atoms with van der Waals surface area (Å²) in [6.45, 7) is 12.7. The Labute approximate surface area is 234 Å². The SMILES string of the molecule is CC(=Cc1csc(C)n1)C1C[C@@H]2C(Cl)(Cl)C2(C)CCCC(C)C(O)C(C)C(=O)C(C)(C)C(O)CC(=O)O1. The Kier molecular flexibility index (Phi) is 9.28. The van der Waals surface area contributed by atoms with Gasteiger partial charge in [0.25, 0.3) is 0 Å². The number of aliphatic hydroxyl groups excluding tert-OH is 2. The Morgan fingerprint density at radius 2 is 1.86 bits per heavy atom. The van der Waals surface area contributed by atoms with Crippen LogP contribution in [0.3, 0.4) is 0 Å². The van der Waals surface area contributed by atoms with Crippen molar-refractivity contribution in [3.63, 3.8) is 0 Å². The zero-order valence-electron chi connectivity index (χ0n) is 22.9. The van der Waals surface area contributed by atoms with E-state index < -0.39 is 39.9 Å². The number of aliphatic hydroxyl groups is 2. The van der Waals surface area contributed by atoms with E-state index in [9.17, 15) is 19.8 Å². The third-order valence-electron chi connectivity index (χ3n) is 8.82. The molecule has 1 aliphatic heterocycles. The summed E-state index contributed by atoms with van der Waals surface area (Å²) in [6.07, 6.45) is 1.54. The van der Waals surface area contributed by atoms with Crippen molar-refractivity contribution < 1.29 is 24.5 Å². The molecule has 0 amide bonds. The van der Waals surface area contributed by atoms with E-state index in [2.05, 4.69) is 11.9 Å². The summed E-state index contributed by atoms with van der Waals surface area (Å²) >= 11 is 15.1. The lowest BCUT2D eigenvalue weighted by atomic mass is 9.73. The van der Waals surface area contributed by atoms with Crippen molar-refractivity contribution in [1.82, 2.24) is 4.98 Å². The second-order valence-electron chi connectivity index (χ2n) is 11.9. The first-order valence-corrected chi connectivity index (χ1v) is 14.7. The van der Waals surface area contributed by atoms with E-state index in [1.54, 1.807) is 32.1 Å². The highest BCUT2D eigenvalue weighted by atomic mass is 35.5. The summed E-state index contributed by atoms with van der Waals surface area (Å²) in [5, 5.41) is 24.7. The average Bonchev–Trinajstić information content (AvgIpc) is 3.06. The van der Waals surface area contributed by atoms with E-state index >= 15 is 0 Å². The molecule has 1 aromatic heterocycles. The molecule has 0 radical (unpaired) electrons. The van der Waals surface area contributed by atoms with Gasteiger partial charge in [-0.2, -0.15) is 0 Å². The van der Waals surface area contributed by atoms with Crippen LogP contribution in [-0.4, -0.2) is 49.6 Å². The predicted octanol–water partition coefficient (Wildman–Crippen LogP) is 6.13. The number of fused-ring (bicyclic) bond motifs is 1. The standard InChI is InChI=1S/C28H41Cl2NO5S/c1-15-9-8-10-27(7)21(28(27,29)30)12-20(16(2)11-19-14-37-18(4)31-19)36-23(33)13-22(32)26(5,6)25(35)17(3)24(15)34/h11,14-15,17,20-22,24,32,34H,8-10,12-13H2,1-7H3/t15?,17?,20?,21-,22?,24?,27?/m0/s1. The number of hydrogen-bond acceptors (Lipinski definition) is 7. The summed E-state index contributed by atoms with van der Waals surface area (Å²) in [5.41, 5.74) is 0.000127. The van der Waals surface area contributed by atoms with E-state index in [1.807, 2.05) is 32.2 Å². The van der Waals surface area contributed by atoms with Gasteiger partial charge in [-0.05, 0) is 50.7 Å². The maximum absolute atomic E-state index is 13.3. The van der Waals surface area contributed by atoms with E-state index in [4.69, 9.17) is 27.9 Å². The summed E-state index contributed by atoms with van der Waals surface area (Å²) in [4.78, 5) is 30.8. The maximum atomic E-state index is 13.3. The number of nitrogens with zero attached hydrogens (tertiary/aromatic N) is 1. The zero-order chi connectivity index (χ0) is 27.9. The normalized spacial score (nSPS) is 37.5. The number of hydrogen-bond donors (Lipinski definition) is 2. The molecule has 1 aliphatic carbocycles. The molecule has 9 heteroatoms. The maximum Gasteiger partial charge on any atom is 0.309 e. The van der Waals surface area contributed by atoms with Crippen LogP contribution in [0.25, 0.3) is 6.08 Å². The van der Waals surface area contributed by atoms with Gasteiger partial charge in [-0.15, -0.1) is 34.5 Å². The van der Waals surface area contributed by atoms with Gasteiger partial charge in [0.1, 0.15) is 16.2 Å². The van der Waals surface area contributed by atoms with Crippen molar-refractivity contribution in [3.8, 4) is 0 Å². The van der Waals surface area contributed by atoms with Crippen LogP contribution in [-0.2, 0) is 14.3 Å². The van der Waals surface area contributed by atoms with Crippen LogP contribution in [0.2, 0.25) is 0 Å². The van der Waals surface area contributed by atoms with Crippen molar-refractivity contribution in [2.24, 2.45) is 28.6 Å². The van der Waals surface area contributed by atoms with Gasteiger partial charge in [0.05, 0.1) is 34.7 Å². The zero-order valence-corrected chi connectivity index (χ0v) is 25.2. The van der Waals surface area contributed by atoms with E-state index in [-0.39, 0.29) is 29.5 Å². The van der Waals surface area contributed by atoms with Gasteiger partial charge in [-0.25, -0.2) is 4.98 Å². The summed E-state index contributed by atoms with van der Waals surface area (Å²) < 4.78 is 4.96.